The highest BCUT2D eigenvalue weighted by Crippen LogP contribution is 2.19. The summed E-state index contributed by atoms with van der Waals surface area (Å²) in [6.45, 7) is 8.34. The number of phenolic OH excluding ortho intramolecular Hbond substituents is 1. The SMILES string of the molecule is CC(C)CC1NC(=O)C(C)NC(=O)C2CCCN2C(=O)C(C)NC(=O)CNC(=O)C(Cc2ccc(O)cc2)NC(=O)C(C(C)O)NC(=O)C(C(C)O)NC1=O. The maximum Gasteiger partial charge on any atom is 0.245 e. The van der Waals surface area contributed by atoms with E-state index in [4.69, 9.17) is 0 Å². The van der Waals surface area contributed by atoms with Crippen molar-refractivity contribution in [2.24, 2.45) is 5.92 Å². The van der Waals surface area contributed by atoms with Gasteiger partial charge in [0.15, 0.2) is 0 Å². The summed E-state index contributed by atoms with van der Waals surface area (Å²) in [6, 6.07) is -3.58. The molecule has 0 aliphatic carbocycles. The van der Waals surface area contributed by atoms with E-state index in [-0.39, 0.29) is 37.5 Å². The van der Waals surface area contributed by atoms with E-state index >= 15 is 0 Å². The fourth-order valence-electron chi connectivity index (χ4n) is 6.22. The van der Waals surface area contributed by atoms with Crippen LogP contribution < -0.4 is 37.2 Å². The minimum Gasteiger partial charge on any atom is -0.508 e. The molecular weight excluding hydrogens is 720 g/mol. The molecule has 8 amide bonds. The zero-order valence-electron chi connectivity index (χ0n) is 31.9. The summed E-state index contributed by atoms with van der Waals surface area (Å²) >= 11 is 0. The largest absolute Gasteiger partial charge is 0.508 e. The number of hydrogen-bond acceptors (Lipinski definition) is 11. The molecule has 9 unspecified atom stereocenters. The van der Waals surface area contributed by atoms with Crippen molar-refractivity contribution >= 4 is 47.3 Å². The molecule has 19 nitrogen and oxygen atoms in total. The van der Waals surface area contributed by atoms with Crippen molar-refractivity contribution in [3.05, 3.63) is 29.8 Å². The van der Waals surface area contributed by atoms with E-state index in [0.717, 1.165) is 0 Å². The molecule has 2 saturated heterocycles. The van der Waals surface area contributed by atoms with Crippen molar-refractivity contribution < 1.29 is 53.7 Å². The molecule has 2 fully saturated rings. The van der Waals surface area contributed by atoms with Gasteiger partial charge >= 0.3 is 0 Å². The van der Waals surface area contributed by atoms with E-state index in [1.54, 1.807) is 13.8 Å². The second kappa shape index (κ2) is 19.9. The van der Waals surface area contributed by atoms with Gasteiger partial charge in [-0.05, 0) is 70.6 Å². The maximum atomic E-state index is 13.6. The quantitative estimate of drug-likeness (QED) is 0.138. The number of rotatable bonds is 6. The van der Waals surface area contributed by atoms with E-state index in [1.807, 2.05) is 0 Å². The third-order valence-electron chi connectivity index (χ3n) is 9.24. The van der Waals surface area contributed by atoms with Crippen LogP contribution >= 0.6 is 0 Å². The number of phenols is 1. The van der Waals surface area contributed by atoms with Crippen molar-refractivity contribution in [3.63, 3.8) is 0 Å². The van der Waals surface area contributed by atoms with Gasteiger partial charge in [-0.15, -0.1) is 0 Å². The van der Waals surface area contributed by atoms with Gasteiger partial charge < -0.3 is 57.4 Å². The fraction of sp³-hybridized carbons (Fsp3) is 0.611. The Bertz CT molecular complexity index is 1590. The third kappa shape index (κ3) is 12.6. The predicted octanol–water partition coefficient (Wildman–Crippen LogP) is -3.19. The lowest BCUT2D eigenvalue weighted by Gasteiger charge is -2.30. The highest BCUT2D eigenvalue weighted by Gasteiger charge is 2.39. The van der Waals surface area contributed by atoms with E-state index < -0.39 is 108 Å². The number of aliphatic hydroxyl groups is 2. The number of carbonyl (C=O) groups excluding carboxylic acids is 8. The van der Waals surface area contributed by atoms with Crippen LogP contribution in [0.15, 0.2) is 24.3 Å². The Labute approximate surface area is 319 Å². The number of amides is 8. The Morgan fingerprint density at radius 2 is 1.24 bits per heavy atom. The number of aliphatic hydroxyl groups excluding tert-OH is 2. The van der Waals surface area contributed by atoms with Gasteiger partial charge in [-0.3, -0.25) is 38.4 Å². The molecule has 3 rings (SSSR count). The Hall–Kier alpha value is -5.30. The van der Waals surface area contributed by atoms with Gasteiger partial charge in [0.05, 0.1) is 18.8 Å². The van der Waals surface area contributed by atoms with Crippen molar-refractivity contribution in [1.29, 1.82) is 0 Å². The van der Waals surface area contributed by atoms with Crippen LogP contribution in [0.25, 0.3) is 0 Å². The normalized spacial score (nSPS) is 28.3. The van der Waals surface area contributed by atoms with Gasteiger partial charge in [0.2, 0.25) is 47.3 Å². The molecule has 2 aliphatic rings. The van der Waals surface area contributed by atoms with Crippen LogP contribution in [0.4, 0.5) is 0 Å². The molecule has 304 valence electrons. The Morgan fingerprint density at radius 1 is 0.673 bits per heavy atom. The fourth-order valence-corrected chi connectivity index (χ4v) is 6.22. The van der Waals surface area contributed by atoms with Crippen LogP contribution in [0.1, 0.15) is 66.4 Å². The van der Waals surface area contributed by atoms with Crippen molar-refractivity contribution in [1.82, 2.24) is 42.1 Å². The highest BCUT2D eigenvalue weighted by atomic mass is 16.3. The molecular formula is C36H54N8O11. The molecule has 2 aliphatic heterocycles. The standard InChI is InChI=1S/C36H54N8O11/c1-17(2)14-24-32(51)42-29(21(6)46)35(54)43-28(20(5)45)34(53)41-25(15-22-9-11-23(47)12-10-22)31(50)37-16-27(48)38-19(4)36(55)44-13-7-8-26(44)33(52)39-18(3)30(49)40-24/h9-12,17-21,24-26,28-29,45-47H,7-8,13-16H2,1-6H3,(H,37,50)(H,38,48)(H,39,52)(H,40,49)(H,41,53)(H,42,51)(H,43,54). The molecule has 0 saturated carbocycles. The molecule has 19 heteroatoms. The second-order valence-corrected chi connectivity index (χ2v) is 14.5. The minimum atomic E-state index is -1.72. The maximum absolute atomic E-state index is 13.6. The van der Waals surface area contributed by atoms with Crippen molar-refractivity contribution in [2.75, 3.05) is 13.1 Å². The Kier molecular flexibility index (Phi) is 15.9. The number of hydrogen-bond donors (Lipinski definition) is 10. The molecule has 1 aromatic rings. The van der Waals surface area contributed by atoms with Crippen molar-refractivity contribution in [3.8, 4) is 5.75 Å². The van der Waals surface area contributed by atoms with Crippen LogP contribution in [0.3, 0.4) is 0 Å². The number of carbonyl (C=O) groups is 8. The van der Waals surface area contributed by atoms with E-state index in [9.17, 15) is 53.7 Å². The van der Waals surface area contributed by atoms with E-state index in [0.29, 0.717) is 12.0 Å². The number of fused-ring (bicyclic) bond motifs is 1. The average molecular weight is 775 g/mol. The first-order valence-electron chi connectivity index (χ1n) is 18.3. The molecule has 2 heterocycles. The smallest absolute Gasteiger partial charge is 0.245 e. The first-order chi connectivity index (χ1) is 25.8. The van der Waals surface area contributed by atoms with Gasteiger partial charge in [0.1, 0.15) is 48.0 Å². The van der Waals surface area contributed by atoms with Gasteiger partial charge in [0, 0.05) is 13.0 Å². The first kappa shape index (κ1) is 44.1. The number of benzene rings is 1. The van der Waals surface area contributed by atoms with E-state index in [1.165, 1.54) is 56.9 Å². The van der Waals surface area contributed by atoms with Crippen LogP contribution in [-0.2, 0) is 44.8 Å². The van der Waals surface area contributed by atoms with Gasteiger partial charge in [-0.25, -0.2) is 0 Å². The molecule has 0 aromatic heterocycles. The molecule has 0 radical (unpaired) electrons. The minimum absolute atomic E-state index is 0.0590. The summed E-state index contributed by atoms with van der Waals surface area (Å²) in [6.07, 6.45) is -2.42. The predicted molar refractivity (Wildman–Crippen MR) is 195 cm³/mol. The van der Waals surface area contributed by atoms with Crippen LogP contribution in [0, 0.1) is 5.92 Å². The summed E-state index contributed by atoms with van der Waals surface area (Å²) in [4.78, 5) is 108. The summed E-state index contributed by atoms with van der Waals surface area (Å²) in [5.74, 6) is -6.73. The van der Waals surface area contributed by atoms with Crippen LogP contribution in [-0.4, -0.2) is 135 Å². The molecule has 0 spiro atoms. The molecule has 10 N–H and O–H groups in total. The lowest BCUT2D eigenvalue weighted by atomic mass is 10.0. The van der Waals surface area contributed by atoms with Crippen LogP contribution in [0.5, 0.6) is 5.75 Å². The zero-order chi connectivity index (χ0) is 41.1. The molecule has 9 atom stereocenters. The summed E-state index contributed by atoms with van der Waals surface area (Å²) < 4.78 is 0. The number of aromatic hydroxyl groups is 1. The second-order valence-electron chi connectivity index (χ2n) is 14.5. The van der Waals surface area contributed by atoms with Crippen LogP contribution in [0.2, 0.25) is 0 Å². The van der Waals surface area contributed by atoms with Gasteiger partial charge in [-0.1, -0.05) is 26.0 Å². The first-order valence-corrected chi connectivity index (χ1v) is 18.3. The topological polar surface area (TPSA) is 285 Å². The lowest BCUT2D eigenvalue weighted by Crippen LogP contribution is -2.63. The monoisotopic (exact) mass is 774 g/mol. The molecule has 55 heavy (non-hydrogen) atoms. The van der Waals surface area contributed by atoms with Gasteiger partial charge in [-0.2, -0.15) is 0 Å². The summed E-state index contributed by atoms with van der Waals surface area (Å²) in [7, 11) is 0. The molecule has 0 bridgehead atoms. The molecule has 1 aromatic carbocycles. The summed E-state index contributed by atoms with van der Waals surface area (Å²) in [5, 5.41) is 48.1. The number of nitrogens with one attached hydrogen (secondary N) is 7. The highest BCUT2D eigenvalue weighted by molar-refractivity contribution is 5.98. The number of nitrogens with zero attached hydrogens (tertiary/aromatic N) is 1. The van der Waals surface area contributed by atoms with E-state index in [2.05, 4.69) is 37.2 Å². The third-order valence-corrected chi connectivity index (χ3v) is 9.24. The lowest BCUT2D eigenvalue weighted by molar-refractivity contribution is -0.142. The zero-order valence-corrected chi connectivity index (χ0v) is 31.9. The van der Waals surface area contributed by atoms with Crippen molar-refractivity contribution in [2.45, 2.75) is 122 Å². The Balaban J connectivity index is 1.99. The Morgan fingerprint density at radius 3 is 1.82 bits per heavy atom. The van der Waals surface area contributed by atoms with Gasteiger partial charge in [0.25, 0.3) is 0 Å². The summed E-state index contributed by atoms with van der Waals surface area (Å²) in [5.41, 5.74) is 0.478. The average Bonchev–Trinajstić information content (AvgIpc) is 3.61.